The average Bonchev–Trinajstić information content (AvgIpc) is 2.99. The standard InChI is InChI=1S/C15H18N2O4S/c18-15-6-3-11-10-13(4-5-14(11)21-15)22(19,20)17-9-7-12-2-1-8-16-12/h3-6,10,12,16-17H,1-2,7-9H2/t12-/m1/s1. The first-order valence-electron chi connectivity index (χ1n) is 7.31. The van der Waals surface area contributed by atoms with Crippen LogP contribution < -0.4 is 15.7 Å². The minimum Gasteiger partial charge on any atom is -0.423 e. The van der Waals surface area contributed by atoms with E-state index in [1.807, 2.05) is 0 Å². The third-order valence-electron chi connectivity index (χ3n) is 3.85. The van der Waals surface area contributed by atoms with Gasteiger partial charge in [0.05, 0.1) is 4.90 Å². The van der Waals surface area contributed by atoms with Crippen molar-refractivity contribution in [2.24, 2.45) is 0 Å². The highest BCUT2D eigenvalue weighted by Gasteiger charge is 2.17. The topological polar surface area (TPSA) is 88.4 Å². The number of benzene rings is 1. The van der Waals surface area contributed by atoms with Crippen LogP contribution in [0.1, 0.15) is 19.3 Å². The molecule has 0 spiro atoms. The summed E-state index contributed by atoms with van der Waals surface area (Å²) in [5.41, 5.74) is -0.0769. The lowest BCUT2D eigenvalue weighted by Crippen LogP contribution is -2.30. The smallest absolute Gasteiger partial charge is 0.336 e. The molecule has 0 amide bonds. The molecule has 22 heavy (non-hydrogen) atoms. The number of hydrogen-bond acceptors (Lipinski definition) is 5. The fourth-order valence-corrected chi connectivity index (χ4v) is 3.75. The summed E-state index contributed by atoms with van der Waals surface area (Å²) in [5.74, 6) is 0. The Hall–Kier alpha value is -1.70. The molecule has 1 aromatic heterocycles. The van der Waals surface area contributed by atoms with E-state index in [1.165, 1.54) is 24.3 Å². The van der Waals surface area contributed by atoms with Gasteiger partial charge in [0.25, 0.3) is 0 Å². The second-order valence-electron chi connectivity index (χ2n) is 5.43. The first-order valence-corrected chi connectivity index (χ1v) is 8.80. The molecule has 7 heteroatoms. The predicted octanol–water partition coefficient (Wildman–Crippen LogP) is 1.21. The van der Waals surface area contributed by atoms with Crippen LogP contribution >= 0.6 is 0 Å². The number of nitrogens with one attached hydrogen (secondary N) is 2. The highest BCUT2D eigenvalue weighted by molar-refractivity contribution is 7.89. The normalized spacial score (nSPS) is 18.8. The summed E-state index contributed by atoms with van der Waals surface area (Å²) in [7, 11) is -3.55. The van der Waals surface area contributed by atoms with Crippen molar-refractivity contribution in [3.63, 3.8) is 0 Å². The van der Waals surface area contributed by atoms with Crippen molar-refractivity contribution in [2.45, 2.75) is 30.2 Å². The molecule has 0 unspecified atom stereocenters. The zero-order valence-electron chi connectivity index (χ0n) is 12.0. The van der Waals surface area contributed by atoms with Crippen LogP contribution in [-0.2, 0) is 10.0 Å². The van der Waals surface area contributed by atoms with Crippen LogP contribution in [0.25, 0.3) is 11.0 Å². The summed E-state index contributed by atoms with van der Waals surface area (Å²) in [6.07, 6.45) is 3.02. The van der Waals surface area contributed by atoms with Gasteiger partial charge in [-0.25, -0.2) is 17.9 Å². The van der Waals surface area contributed by atoms with Crippen LogP contribution in [0.15, 0.2) is 44.4 Å². The lowest BCUT2D eigenvalue weighted by Gasteiger charge is -2.11. The van der Waals surface area contributed by atoms with E-state index in [4.69, 9.17) is 4.42 Å². The molecule has 0 radical (unpaired) electrons. The van der Waals surface area contributed by atoms with Crippen molar-refractivity contribution in [1.29, 1.82) is 0 Å². The zero-order valence-corrected chi connectivity index (χ0v) is 12.9. The number of hydrogen-bond donors (Lipinski definition) is 2. The Morgan fingerprint density at radius 1 is 1.27 bits per heavy atom. The van der Waals surface area contributed by atoms with E-state index >= 15 is 0 Å². The fourth-order valence-electron chi connectivity index (χ4n) is 2.67. The van der Waals surface area contributed by atoms with Crippen molar-refractivity contribution in [1.82, 2.24) is 10.0 Å². The van der Waals surface area contributed by atoms with Crippen LogP contribution in [0, 0.1) is 0 Å². The molecule has 118 valence electrons. The van der Waals surface area contributed by atoms with Gasteiger partial charge in [0.15, 0.2) is 0 Å². The highest BCUT2D eigenvalue weighted by atomic mass is 32.2. The minimum absolute atomic E-state index is 0.174. The molecule has 1 fully saturated rings. The molecular weight excluding hydrogens is 304 g/mol. The average molecular weight is 322 g/mol. The lowest BCUT2D eigenvalue weighted by atomic mass is 10.2. The summed E-state index contributed by atoms with van der Waals surface area (Å²) >= 11 is 0. The van der Waals surface area contributed by atoms with Crippen LogP contribution in [-0.4, -0.2) is 27.5 Å². The van der Waals surface area contributed by atoms with E-state index < -0.39 is 15.6 Å². The molecule has 2 aromatic rings. The molecule has 1 atom stereocenters. The van der Waals surface area contributed by atoms with Gasteiger partial charge in [0.1, 0.15) is 5.58 Å². The van der Waals surface area contributed by atoms with Gasteiger partial charge in [0.2, 0.25) is 10.0 Å². The third kappa shape index (κ3) is 3.37. The molecule has 3 rings (SSSR count). The largest absolute Gasteiger partial charge is 0.423 e. The van der Waals surface area contributed by atoms with Gasteiger partial charge in [0, 0.05) is 24.0 Å². The second kappa shape index (κ2) is 6.20. The molecule has 1 aliphatic rings. The van der Waals surface area contributed by atoms with Gasteiger partial charge in [-0.15, -0.1) is 0 Å². The van der Waals surface area contributed by atoms with Gasteiger partial charge in [-0.1, -0.05) is 0 Å². The molecular formula is C15H18N2O4S. The van der Waals surface area contributed by atoms with E-state index in [1.54, 1.807) is 6.07 Å². The summed E-state index contributed by atoms with van der Waals surface area (Å²) < 4.78 is 32.2. The molecule has 0 bridgehead atoms. The first-order chi connectivity index (χ1) is 10.5. The van der Waals surface area contributed by atoms with Gasteiger partial charge in [-0.2, -0.15) is 0 Å². The Morgan fingerprint density at radius 2 is 2.14 bits per heavy atom. The SMILES string of the molecule is O=c1ccc2cc(S(=O)(=O)NCC[C@H]3CCCN3)ccc2o1. The van der Waals surface area contributed by atoms with Crippen LogP contribution in [0.5, 0.6) is 0 Å². The molecule has 1 saturated heterocycles. The van der Waals surface area contributed by atoms with E-state index in [0.29, 0.717) is 23.6 Å². The van der Waals surface area contributed by atoms with Crippen molar-refractivity contribution in [2.75, 3.05) is 13.1 Å². The zero-order chi connectivity index (χ0) is 15.6. The molecule has 2 heterocycles. The van der Waals surface area contributed by atoms with Gasteiger partial charge in [-0.05, 0) is 50.1 Å². The van der Waals surface area contributed by atoms with Crippen molar-refractivity contribution in [3.05, 3.63) is 40.8 Å². The van der Waals surface area contributed by atoms with Crippen molar-refractivity contribution >= 4 is 21.0 Å². The summed E-state index contributed by atoms with van der Waals surface area (Å²) in [6, 6.07) is 7.69. The molecule has 0 aliphatic carbocycles. The Bertz CT molecular complexity index is 823. The molecule has 6 nitrogen and oxygen atoms in total. The van der Waals surface area contributed by atoms with E-state index in [0.717, 1.165) is 25.8 Å². The van der Waals surface area contributed by atoms with E-state index in [2.05, 4.69) is 10.0 Å². The van der Waals surface area contributed by atoms with Crippen molar-refractivity contribution in [3.8, 4) is 0 Å². The highest BCUT2D eigenvalue weighted by Crippen LogP contribution is 2.18. The monoisotopic (exact) mass is 322 g/mol. The Labute approximate surface area is 128 Å². The van der Waals surface area contributed by atoms with Gasteiger partial charge < -0.3 is 9.73 Å². The van der Waals surface area contributed by atoms with Crippen LogP contribution in [0.2, 0.25) is 0 Å². The maximum absolute atomic E-state index is 12.3. The van der Waals surface area contributed by atoms with Crippen LogP contribution in [0.3, 0.4) is 0 Å². The van der Waals surface area contributed by atoms with Crippen LogP contribution in [0.4, 0.5) is 0 Å². The maximum Gasteiger partial charge on any atom is 0.336 e. The molecule has 0 saturated carbocycles. The first kappa shape index (κ1) is 15.2. The molecule has 1 aliphatic heterocycles. The van der Waals surface area contributed by atoms with Gasteiger partial charge >= 0.3 is 5.63 Å². The van der Waals surface area contributed by atoms with E-state index in [9.17, 15) is 13.2 Å². The maximum atomic E-state index is 12.3. The lowest BCUT2D eigenvalue weighted by molar-refractivity contribution is 0.539. The Kier molecular flexibility index (Phi) is 4.28. The summed E-state index contributed by atoms with van der Waals surface area (Å²) in [4.78, 5) is 11.3. The van der Waals surface area contributed by atoms with E-state index in [-0.39, 0.29) is 4.90 Å². The summed E-state index contributed by atoms with van der Waals surface area (Å²) in [5, 5.41) is 3.92. The van der Waals surface area contributed by atoms with Gasteiger partial charge in [-0.3, -0.25) is 0 Å². The Morgan fingerprint density at radius 3 is 2.91 bits per heavy atom. The summed E-state index contributed by atoms with van der Waals surface area (Å²) in [6.45, 7) is 1.41. The fraction of sp³-hybridized carbons (Fsp3) is 0.400. The Balaban J connectivity index is 1.73. The second-order valence-corrected chi connectivity index (χ2v) is 7.20. The third-order valence-corrected chi connectivity index (χ3v) is 5.31. The quantitative estimate of drug-likeness (QED) is 0.808. The molecule has 1 aromatic carbocycles. The number of sulfonamides is 1. The minimum atomic E-state index is -3.55. The number of rotatable bonds is 5. The molecule has 2 N–H and O–H groups in total. The number of fused-ring (bicyclic) bond motifs is 1. The van der Waals surface area contributed by atoms with Crippen molar-refractivity contribution < 1.29 is 12.8 Å². The predicted molar refractivity (Wildman–Crippen MR) is 83.3 cm³/mol.